The van der Waals surface area contributed by atoms with Gasteiger partial charge in [-0.3, -0.25) is 0 Å². The summed E-state index contributed by atoms with van der Waals surface area (Å²) >= 11 is 0. The van der Waals surface area contributed by atoms with E-state index in [0.29, 0.717) is 0 Å². The van der Waals surface area contributed by atoms with Gasteiger partial charge in [0, 0.05) is 0 Å². The van der Waals surface area contributed by atoms with Gasteiger partial charge in [-0.05, 0) is 113 Å². The molecule has 1 aliphatic rings. The minimum absolute atomic E-state index is 1.26. The lowest BCUT2D eigenvalue weighted by Crippen LogP contribution is -1.89. The molecule has 0 spiro atoms. The summed E-state index contributed by atoms with van der Waals surface area (Å²) in [5.74, 6) is 0. The molecule has 9 aromatic carbocycles. The molecule has 0 saturated carbocycles. The third-order valence-electron chi connectivity index (χ3n) is 10.3. The van der Waals surface area contributed by atoms with Crippen LogP contribution < -0.4 is 0 Å². The number of hydrogen-bond donors (Lipinski definition) is 0. The standard InChI is InChI=1S/C28H18.C24H20/c1-3-9-19(10-4-1)21-15-17-25-23-13-7-8-14-24(23)26-18-16-22(27(21)28(25)26)20-11-5-2-6-12-20;1-17-13-21-14-18(2)16-23(20-11-7-4-8-12-20)24(21)22(15-17)19-9-5-3-6-10-19/h1-18H;3-16H,1-2H3. The van der Waals surface area contributed by atoms with Crippen LogP contribution in [0.25, 0.3) is 88.3 Å². The van der Waals surface area contributed by atoms with Gasteiger partial charge in [0.15, 0.2) is 0 Å². The molecule has 0 bridgehead atoms. The fraction of sp³-hybridized carbons (Fsp3) is 0.0385. The Bertz CT molecular complexity index is 2520. The van der Waals surface area contributed by atoms with E-state index < -0.39 is 0 Å². The van der Waals surface area contributed by atoms with Gasteiger partial charge in [0.1, 0.15) is 0 Å². The summed E-state index contributed by atoms with van der Waals surface area (Å²) < 4.78 is 0. The zero-order valence-corrected chi connectivity index (χ0v) is 29.5. The Balaban J connectivity index is 0.000000140. The number of aryl methyl sites for hydroxylation is 2. The molecule has 0 aromatic heterocycles. The van der Waals surface area contributed by atoms with Gasteiger partial charge in [0.05, 0.1) is 0 Å². The molecule has 0 saturated heterocycles. The molecule has 52 heavy (non-hydrogen) atoms. The Hall–Kier alpha value is -6.50. The van der Waals surface area contributed by atoms with Crippen molar-refractivity contribution in [2.24, 2.45) is 0 Å². The number of benzene rings is 9. The van der Waals surface area contributed by atoms with E-state index in [2.05, 4.69) is 208 Å². The van der Waals surface area contributed by atoms with Crippen LogP contribution in [0.15, 0.2) is 194 Å². The predicted octanol–water partition coefficient (Wildman–Crippen LogP) is 14.6. The van der Waals surface area contributed by atoms with Crippen LogP contribution in [0.3, 0.4) is 0 Å². The van der Waals surface area contributed by atoms with Crippen molar-refractivity contribution >= 4 is 21.5 Å². The van der Waals surface area contributed by atoms with Crippen LogP contribution in [-0.4, -0.2) is 0 Å². The van der Waals surface area contributed by atoms with Gasteiger partial charge < -0.3 is 0 Å². The maximum atomic E-state index is 2.30. The molecule has 0 amide bonds. The highest BCUT2D eigenvalue weighted by Gasteiger charge is 2.24. The summed E-state index contributed by atoms with van der Waals surface area (Å²) in [4.78, 5) is 0. The second kappa shape index (κ2) is 13.3. The molecule has 0 atom stereocenters. The van der Waals surface area contributed by atoms with E-state index in [1.54, 1.807) is 0 Å². The topological polar surface area (TPSA) is 0 Å². The summed E-state index contributed by atoms with van der Waals surface area (Å²) in [6.45, 7) is 4.35. The van der Waals surface area contributed by atoms with Gasteiger partial charge in [-0.15, -0.1) is 0 Å². The van der Waals surface area contributed by atoms with Crippen molar-refractivity contribution in [1.82, 2.24) is 0 Å². The van der Waals surface area contributed by atoms with Crippen molar-refractivity contribution in [3.05, 3.63) is 205 Å². The first-order chi connectivity index (χ1) is 25.6. The maximum Gasteiger partial charge on any atom is -0.00139 e. The average Bonchev–Trinajstić information content (AvgIpc) is 3.53. The first-order valence-electron chi connectivity index (χ1n) is 18.1. The maximum absolute atomic E-state index is 2.30. The van der Waals surface area contributed by atoms with Gasteiger partial charge in [0.2, 0.25) is 0 Å². The van der Waals surface area contributed by atoms with E-state index >= 15 is 0 Å². The van der Waals surface area contributed by atoms with Crippen LogP contribution in [0, 0.1) is 13.8 Å². The van der Waals surface area contributed by atoms with Crippen molar-refractivity contribution in [3.8, 4) is 66.8 Å². The fourth-order valence-electron chi connectivity index (χ4n) is 8.12. The van der Waals surface area contributed by atoms with Crippen molar-refractivity contribution in [3.63, 3.8) is 0 Å². The van der Waals surface area contributed by atoms with Gasteiger partial charge in [-0.2, -0.15) is 0 Å². The smallest absolute Gasteiger partial charge is 0.00139 e. The molecule has 10 rings (SSSR count). The molecule has 246 valence electrons. The molecular weight excluding hydrogens is 625 g/mol. The molecule has 0 heteroatoms. The average molecular weight is 663 g/mol. The minimum atomic E-state index is 1.26. The molecule has 0 N–H and O–H groups in total. The van der Waals surface area contributed by atoms with Crippen LogP contribution in [0.2, 0.25) is 0 Å². The summed E-state index contributed by atoms with van der Waals surface area (Å²) in [6.07, 6.45) is 0. The highest BCUT2D eigenvalue weighted by Crippen LogP contribution is 2.51. The van der Waals surface area contributed by atoms with Gasteiger partial charge in [-0.1, -0.05) is 194 Å². The Kier molecular flexibility index (Phi) is 8.07. The zero-order chi connectivity index (χ0) is 35.0. The molecule has 1 aliphatic carbocycles. The van der Waals surface area contributed by atoms with E-state index in [1.165, 1.54) is 99.4 Å². The first-order valence-corrected chi connectivity index (χ1v) is 18.1. The summed E-state index contributed by atoms with van der Waals surface area (Å²) in [6, 6.07) is 70.0. The second-order valence-corrected chi connectivity index (χ2v) is 13.8. The lowest BCUT2D eigenvalue weighted by molar-refractivity contribution is 1.46. The molecule has 0 unspecified atom stereocenters. The van der Waals surface area contributed by atoms with E-state index in [-0.39, 0.29) is 0 Å². The predicted molar refractivity (Wildman–Crippen MR) is 224 cm³/mol. The van der Waals surface area contributed by atoms with E-state index in [9.17, 15) is 0 Å². The van der Waals surface area contributed by atoms with Gasteiger partial charge in [-0.25, -0.2) is 0 Å². The summed E-state index contributed by atoms with van der Waals surface area (Å²) in [5, 5.41) is 5.38. The van der Waals surface area contributed by atoms with Crippen LogP contribution >= 0.6 is 0 Å². The first kappa shape index (κ1) is 31.5. The third kappa shape index (κ3) is 5.60. The van der Waals surface area contributed by atoms with Crippen molar-refractivity contribution < 1.29 is 0 Å². The number of hydrogen-bond acceptors (Lipinski definition) is 0. The van der Waals surface area contributed by atoms with E-state index in [0.717, 1.165) is 0 Å². The minimum Gasteiger partial charge on any atom is -0.0622 e. The lowest BCUT2D eigenvalue weighted by Gasteiger charge is -2.15. The van der Waals surface area contributed by atoms with Crippen molar-refractivity contribution in [1.29, 1.82) is 0 Å². The summed E-state index contributed by atoms with van der Waals surface area (Å²) in [5.41, 5.74) is 18.3. The highest BCUT2D eigenvalue weighted by atomic mass is 14.3. The van der Waals surface area contributed by atoms with Crippen molar-refractivity contribution in [2.45, 2.75) is 13.8 Å². The Morgan fingerprint density at radius 3 is 0.923 bits per heavy atom. The zero-order valence-electron chi connectivity index (χ0n) is 29.5. The Morgan fingerprint density at radius 2 is 0.538 bits per heavy atom. The lowest BCUT2D eigenvalue weighted by atomic mass is 9.88. The monoisotopic (exact) mass is 662 g/mol. The van der Waals surface area contributed by atoms with Gasteiger partial charge >= 0.3 is 0 Å². The molecule has 9 aromatic rings. The van der Waals surface area contributed by atoms with Crippen LogP contribution in [0.4, 0.5) is 0 Å². The molecule has 0 heterocycles. The second-order valence-electron chi connectivity index (χ2n) is 13.8. The Morgan fingerprint density at radius 1 is 0.231 bits per heavy atom. The molecule has 0 fully saturated rings. The van der Waals surface area contributed by atoms with Crippen LogP contribution in [-0.2, 0) is 0 Å². The third-order valence-corrected chi connectivity index (χ3v) is 10.3. The molecule has 0 nitrogen and oxygen atoms in total. The molecular formula is C52H38. The summed E-state index contributed by atoms with van der Waals surface area (Å²) in [7, 11) is 0. The molecule has 0 radical (unpaired) electrons. The van der Waals surface area contributed by atoms with E-state index in [1.807, 2.05) is 0 Å². The highest BCUT2D eigenvalue weighted by molar-refractivity contribution is 6.22. The van der Waals surface area contributed by atoms with Crippen LogP contribution in [0.1, 0.15) is 11.1 Å². The van der Waals surface area contributed by atoms with Crippen molar-refractivity contribution in [2.75, 3.05) is 0 Å². The largest absolute Gasteiger partial charge is 0.0622 e. The number of fused-ring (bicyclic) bond motifs is 4. The molecule has 0 aliphatic heterocycles. The SMILES string of the molecule is Cc1cc(-c2ccccc2)c2c(-c3ccccc3)cc(C)cc2c1.c1ccc(-c2ccc3c4c(ccc(-c5ccccc5)c24)-c2ccccc2-3)cc1. The quantitative estimate of drug-likeness (QED) is 0.176. The Labute approximate surface area is 306 Å². The van der Waals surface area contributed by atoms with Gasteiger partial charge in [0.25, 0.3) is 0 Å². The fourth-order valence-corrected chi connectivity index (χ4v) is 8.12. The van der Waals surface area contributed by atoms with Crippen LogP contribution in [0.5, 0.6) is 0 Å². The number of rotatable bonds is 4. The van der Waals surface area contributed by atoms with E-state index in [4.69, 9.17) is 0 Å². The normalized spacial score (nSPS) is 11.3.